The molecule has 2 aromatic rings. The lowest BCUT2D eigenvalue weighted by Gasteiger charge is -2.29. The third-order valence-electron chi connectivity index (χ3n) is 5.55. The van der Waals surface area contributed by atoms with E-state index < -0.39 is 0 Å². The van der Waals surface area contributed by atoms with Crippen molar-refractivity contribution in [3.63, 3.8) is 0 Å². The summed E-state index contributed by atoms with van der Waals surface area (Å²) in [6.07, 6.45) is 9.67. The predicted octanol–water partition coefficient (Wildman–Crippen LogP) is 4.09. The van der Waals surface area contributed by atoms with Crippen molar-refractivity contribution in [2.75, 3.05) is 13.7 Å². The second-order valence-corrected chi connectivity index (χ2v) is 7.35. The average molecular weight is 337 g/mol. The van der Waals surface area contributed by atoms with Crippen molar-refractivity contribution in [3.05, 3.63) is 53.1 Å². The molecule has 0 saturated heterocycles. The van der Waals surface area contributed by atoms with E-state index in [0.717, 1.165) is 37.6 Å². The molecular formula is C21H27N3O. The molecule has 0 N–H and O–H groups in total. The van der Waals surface area contributed by atoms with Gasteiger partial charge >= 0.3 is 0 Å². The molecule has 0 bridgehead atoms. The van der Waals surface area contributed by atoms with Gasteiger partial charge in [-0.25, -0.2) is 9.97 Å². The van der Waals surface area contributed by atoms with Gasteiger partial charge in [-0.1, -0.05) is 31.4 Å². The first-order valence-electron chi connectivity index (χ1n) is 9.52. The molecule has 0 radical (unpaired) electrons. The Morgan fingerprint density at radius 3 is 2.92 bits per heavy atom. The van der Waals surface area contributed by atoms with Gasteiger partial charge in [-0.2, -0.15) is 0 Å². The van der Waals surface area contributed by atoms with Crippen molar-refractivity contribution in [1.82, 2.24) is 14.9 Å². The molecule has 1 aliphatic carbocycles. The monoisotopic (exact) mass is 337 g/mol. The lowest BCUT2D eigenvalue weighted by atomic mass is 9.88. The van der Waals surface area contributed by atoms with Crippen LogP contribution in [0.3, 0.4) is 0 Å². The van der Waals surface area contributed by atoms with Gasteiger partial charge in [0.05, 0.1) is 12.8 Å². The fourth-order valence-electron chi connectivity index (χ4n) is 4.09. The third kappa shape index (κ3) is 3.84. The Bertz CT molecular complexity index is 725. The molecule has 1 fully saturated rings. The first-order chi connectivity index (χ1) is 12.3. The van der Waals surface area contributed by atoms with Gasteiger partial charge in [-0.15, -0.1) is 0 Å². The number of nitrogens with zero attached hydrogens (tertiary/aromatic N) is 3. The average Bonchev–Trinajstić information content (AvgIpc) is 2.68. The molecule has 0 unspecified atom stereocenters. The van der Waals surface area contributed by atoms with Crippen molar-refractivity contribution in [2.45, 2.75) is 57.5 Å². The molecule has 4 heteroatoms. The van der Waals surface area contributed by atoms with Crippen LogP contribution in [0.4, 0.5) is 0 Å². The Kier molecular flexibility index (Phi) is 4.97. The summed E-state index contributed by atoms with van der Waals surface area (Å²) in [4.78, 5) is 12.2. The molecule has 0 spiro atoms. The molecule has 1 aromatic heterocycles. The molecule has 0 atom stereocenters. The molecule has 4 nitrogen and oxygen atoms in total. The first-order valence-corrected chi connectivity index (χ1v) is 9.52. The zero-order valence-corrected chi connectivity index (χ0v) is 15.1. The van der Waals surface area contributed by atoms with Crippen molar-refractivity contribution in [3.8, 4) is 5.75 Å². The van der Waals surface area contributed by atoms with Crippen LogP contribution in [0.25, 0.3) is 0 Å². The molecule has 1 aliphatic heterocycles. The van der Waals surface area contributed by atoms with Gasteiger partial charge in [-0.05, 0) is 42.5 Å². The fraction of sp³-hybridized carbons (Fsp3) is 0.524. The van der Waals surface area contributed by atoms with Crippen molar-refractivity contribution in [2.24, 2.45) is 0 Å². The number of rotatable bonds is 4. The summed E-state index contributed by atoms with van der Waals surface area (Å²) in [5.41, 5.74) is 3.87. The van der Waals surface area contributed by atoms with E-state index in [9.17, 15) is 0 Å². The SMILES string of the molecule is COc1cccc(CN2CCc3cnc(C4CCCCC4)nc3C2)c1. The van der Waals surface area contributed by atoms with Crippen LogP contribution in [-0.4, -0.2) is 28.5 Å². The van der Waals surface area contributed by atoms with Crippen molar-refractivity contribution >= 4 is 0 Å². The van der Waals surface area contributed by atoms with E-state index in [-0.39, 0.29) is 0 Å². The topological polar surface area (TPSA) is 38.2 Å². The summed E-state index contributed by atoms with van der Waals surface area (Å²) in [5, 5.41) is 0. The van der Waals surface area contributed by atoms with Crippen LogP contribution < -0.4 is 4.74 Å². The van der Waals surface area contributed by atoms with Crippen molar-refractivity contribution in [1.29, 1.82) is 0 Å². The van der Waals surface area contributed by atoms with E-state index >= 15 is 0 Å². The number of hydrogen-bond donors (Lipinski definition) is 0. The van der Waals surface area contributed by atoms with E-state index in [4.69, 9.17) is 14.7 Å². The fourth-order valence-corrected chi connectivity index (χ4v) is 4.09. The normalized spacial score (nSPS) is 18.8. The zero-order valence-electron chi connectivity index (χ0n) is 15.1. The highest BCUT2D eigenvalue weighted by Crippen LogP contribution is 2.31. The number of methoxy groups -OCH3 is 1. The molecule has 2 aliphatic rings. The lowest BCUT2D eigenvalue weighted by molar-refractivity contribution is 0.240. The molecule has 132 valence electrons. The minimum absolute atomic E-state index is 0.577. The maximum Gasteiger partial charge on any atom is 0.131 e. The van der Waals surface area contributed by atoms with Crippen LogP contribution in [-0.2, 0) is 19.5 Å². The second-order valence-electron chi connectivity index (χ2n) is 7.35. The van der Waals surface area contributed by atoms with Crippen LogP contribution >= 0.6 is 0 Å². The maximum atomic E-state index is 5.34. The Labute approximate surface area is 150 Å². The number of aromatic nitrogens is 2. The van der Waals surface area contributed by atoms with E-state index in [0.29, 0.717) is 5.92 Å². The van der Waals surface area contributed by atoms with Crippen LogP contribution in [0.1, 0.15) is 60.7 Å². The highest BCUT2D eigenvalue weighted by atomic mass is 16.5. The molecule has 25 heavy (non-hydrogen) atoms. The van der Waals surface area contributed by atoms with E-state index in [1.165, 1.54) is 48.9 Å². The Balaban J connectivity index is 1.47. The van der Waals surface area contributed by atoms with Crippen LogP contribution in [0, 0.1) is 0 Å². The summed E-state index contributed by atoms with van der Waals surface area (Å²) < 4.78 is 5.34. The van der Waals surface area contributed by atoms with Gasteiger partial charge in [0.15, 0.2) is 0 Å². The van der Waals surface area contributed by atoms with Gasteiger partial charge in [-0.3, -0.25) is 4.90 Å². The van der Waals surface area contributed by atoms with Crippen LogP contribution in [0.5, 0.6) is 5.75 Å². The quantitative estimate of drug-likeness (QED) is 0.842. The van der Waals surface area contributed by atoms with Crippen LogP contribution in [0.2, 0.25) is 0 Å². The number of benzene rings is 1. The Hall–Kier alpha value is -1.94. The summed E-state index contributed by atoms with van der Waals surface area (Å²) in [7, 11) is 1.72. The largest absolute Gasteiger partial charge is 0.497 e. The minimum atomic E-state index is 0.577. The van der Waals surface area contributed by atoms with Gasteiger partial charge in [0.2, 0.25) is 0 Å². The number of hydrogen-bond acceptors (Lipinski definition) is 4. The Morgan fingerprint density at radius 2 is 2.08 bits per heavy atom. The lowest BCUT2D eigenvalue weighted by Crippen LogP contribution is -2.31. The van der Waals surface area contributed by atoms with Crippen LogP contribution in [0.15, 0.2) is 30.5 Å². The van der Waals surface area contributed by atoms with Crippen molar-refractivity contribution < 1.29 is 4.74 Å². The number of ether oxygens (including phenoxy) is 1. The summed E-state index contributed by atoms with van der Waals surface area (Å²) in [5.74, 6) is 2.59. The number of fused-ring (bicyclic) bond motifs is 1. The van der Waals surface area contributed by atoms with Gasteiger partial charge in [0.1, 0.15) is 11.6 Å². The maximum absolute atomic E-state index is 5.34. The highest BCUT2D eigenvalue weighted by molar-refractivity contribution is 5.29. The minimum Gasteiger partial charge on any atom is -0.497 e. The summed E-state index contributed by atoms with van der Waals surface area (Å²) in [6, 6.07) is 8.36. The molecule has 1 aromatic carbocycles. The molecule has 1 saturated carbocycles. The predicted molar refractivity (Wildman–Crippen MR) is 98.7 cm³/mol. The van der Waals surface area contributed by atoms with E-state index in [1.54, 1.807) is 7.11 Å². The third-order valence-corrected chi connectivity index (χ3v) is 5.55. The molecule has 2 heterocycles. The molecule has 0 amide bonds. The summed E-state index contributed by atoms with van der Waals surface area (Å²) in [6.45, 7) is 2.94. The summed E-state index contributed by atoms with van der Waals surface area (Å²) >= 11 is 0. The zero-order chi connectivity index (χ0) is 17.1. The van der Waals surface area contributed by atoms with Gasteiger partial charge in [0.25, 0.3) is 0 Å². The standard InChI is InChI=1S/C21H27N3O/c1-25-19-9-5-6-16(12-19)14-24-11-10-18-13-22-21(23-20(18)15-24)17-7-3-2-4-8-17/h5-6,9,12-13,17H,2-4,7-8,10-11,14-15H2,1H3. The van der Waals surface area contributed by atoms with E-state index in [1.807, 2.05) is 6.07 Å². The Morgan fingerprint density at radius 1 is 1.20 bits per heavy atom. The van der Waals surface area contributed by atoms with Gasteiger partial charge in [0, 0.05) is 31.7 Å². The molecular weight excluding hydrogens is 310 g/mol. The first kappa shape index (κ1) is 16.5. The smallest absolute Gasteiger partial charge is 0.131 e. The van der Waals surface area contributed by atoms with E-state index in [2.05, 4.69) is 29.3 Å². The second kappa shape index (κ2) is 7.52. The molecule has 4 rings (SSSR count). The highest BCUT2D eigenvalue weighted by Gasteiger charge is 2.22. The van der Waals surface area contributed by atoms with Gasteiger partial charge < -0.3 is 4.74 Å².